The SMILES string of the molecule is CC1(C)C2C(C(=O)NC(CC3CCC3)C(=O)C(N)=O)N(C(=O)[C@H](Nc3nc4ccccc4o3)C3CCCCC3)C[C@H]21. The van der Waals surface area contributed by atoms with Gasteiger partial charge in [0.15, 0.2) is 5.58 Å². The zero-order chi connectivity index (χ0) is 28.9. The lowest BCUT2D eigenvalue weighted by Crippen LogP contribution is -2.58. The Morgan fingerprint density at radius 2 is 1.80 bits per heavy atom. The highest BCUT2D eigenvalue weighted by Gasteiger charge is 2.69. The van der Waals surface area contributed by atoms with E-state index in [1.54, 1.807) is 4.90 Å². The summed E-state index contributed by atoms with van der Waals surface area (Å²) in [6.45, 7) is 4.73. The van der Waals surface area contributed by atoms with Crippen molar-refractivity contribution in [3.63, 3.8) is 0 Å². The van der Waals surface area contributed by atoms with Crippen LogP contribution in [0.3, 0.4) is 0 Å². The molecule has 10 heteroatoms. The van der Waals surface area contributed by atoms with Gasteiger partial charge in [-0.2, -0.15) is 4.98 Å². The normalized spacial score (nSPS) is 27.0. The van der Waals surface area contributed by atoms with Gasteiger partial charge in [-0.1, -0.05) is 64.5 Å². The van der Waals surface area contributed by atoms with Gasteiger partial charge in [0, 0.05) is 6.54 Å². The molecule has 3 amide bonds. The molecule has 2 heterocycles. The Morgan fingerprint density at radius 1 is 1.07 bits per heavy atom. The Balaban J connectivity index is 1.26. The number of primary amides is 1. The number of rotatable bonds is 10. The third kappa shape index (κ3) is 5.21. The van der Waals surface area contributed by atoms with Gasteiger partial charge in [-0.25, -0.2) is 0 Å². The lowest BCUT2D eigenvalue weighted by atomic mass is 9.80. The number of nitrogens with zero attached hydrogens (tertiary/aromatic N) is 2. The van der Waals surface area contributed by atoms with Crippen molar-refractivity contribution in [2.24, 2.45) is 34.8 Å². The molecule has 6 rings (SSSR count). The first-order valence-electron chi connectivity index (χ1n) is 15.2. The second-order valence-corrected chi connectivity index (χ2v) is 13.2. The zero-order valence-corrected chi connectivity index (χ0v) is 23.9. The summed E-state index contributed by atoms with van der Waals surface area (Å²) in [5.41, 5.74) is 6.61. The van der Waals surface area contributed by atoms with E-state index in [-0.39, 0.29) is 40.9 Å². The Morgan fingerprint density at radius 3 is 2.46 bits per heavy atom. The molecule has 3 saturated carbocycles. The molecule has 1 aromatic carbocycles. The Kier molecular flexibility index (Phi) is 7.28. The smallest absolute Gasteiger partial charge is 0.296 e. The van der Waals surface area contributed by atoms with Crippen LogP contribution in [0.4, 0.5) is 6.01 Å². The van der Waals surface area contributed by atoms with Crippen molar-refractivity contribution in [1.29, 1.82) is 0 Å². The topological polar surface area (TPSA) is 148 Å². The van der Waals surface area contributed by atoms with Gasteiger partial charge in [0.05, 0.1) is 6.04 Å². The summed E-state index contributed by atoms with van der Waals surface area (Å²) in [6.07, 6.45) is 8.46. The number of oxazole rings is 1. The fourth-order valence-corrected chi connectivity index (χ4v) is 7.63. The number of carbonyl (C=O) groups is 4. The predicted molar refractivity (Wildman–Crippen MR) is 152 cm³/mol. The minimum atomic E-state index is -1.04. The van der Waals surface area contributed by atoms with E-state index in [0.717, 1.165) is 51.4 Å². The highest BCUT2D eigenvalue weighted by molar-refractivity contribution is 6.37. The van der Waals surface area contributed by atoms with Crippen LogP contribution >= 0.6 is 0 Å². The van der Waals surface area contributed by atoms with Gasteiger partial charge in [0.25, 0.3) is 11.9 Å². The van der Waals surface area contributed by atoms with Crippen molar-refractivity contribution in [2.75, 3.05) is 11.9 Å². The lowest BCUT2D eigenvalue weighted by molar-refractivity contribution is -0.144. The van der Waals surface area contributed by atoms with Crippen molar-refractivity contribution >= 4 is 40.6 Å². The number of hydrogen-bond donors (Lipinski definition) is 3. The third-order valence-corrected chi connectivity index (χ3v) is 10.4. The molecule has 41 heavy (non-hydrogen) atoms. The van der Waals surface area contributed by atoms with Crippen molar-refractivity contribution in [3.05, 3.63) is 24.3 Å². The molecule has 220 valence electrons. The van der Waals surface area contributed by atoms with Crippen LogP contribution in [0.2, 0.25) is 0 Å². The molecular formula is C31H41N5O5. The van der Waals surface area contributed by atoms with Gasteiger partial charge < -0.3 is 25.7 Å². The highest BCUT2D eigenvalue weighted by atomic mass is 16.4. The average Bonchev–Trinajstić information content (AvgIpc) is 3.29. The van der Waals surface area contributed by atoms with Crippen molar-refractivity contribution in [3.8, 4) is 0 Å². The first-order chi connectivity index (χ1) is 19.6. The summed E-state index contributed by atoms with van der Waals surface area (Å²) in [7, 11) is 0. The second kappa shape index (κ2) is 10.8. The third-order valence-electron chi connectivity index (χ3n) is 10.4. The minimum absolute atomic E-state index is 0.0178. The van der Waals surface area contributed by atoms with Crippen LogP contribution < -0.4 is 16.4 Å². The number of anilines is 1. The fourth-order valence-electron chi connectivity index (χ4n) is 7.63. The maximum Gasteiger partial charge on any atom is 0.296 e. The molecule has 4 fully saturated rings. The minimum Gasteiger partial charge on any atom is -0.424 e. The van der Waals surface area contributed by atoms with E-state index in [0.29, 0.717) is 30.1 Å². The highest BCUT2D eigenvalue weighted by Crippen LogP contribution is 2.65. The Hall–Kier alpha value is -3.43. The number of Topliss-reactive ketones (excluding diaryl/α,β-unsaturated/α-hetero) is 1. The van der Waals surface area contributed by atoms with E-state index >= 15 is 0 Å². The summed E-state index contributed by atoms with van der Waals surface area (Å²) in [5, 5.41) is 6.19. The van der Waals surface area contributed by atoms with Crippen molar-refractivity contribution < 1.29 is 23.6 Å². The molecule has 0 bridgehead atoms. The van der Waals surface area contributed by atoms with Crippen LogP contribution in [-0.2, 0) is 19.2 Å². The first kappa shape index (κ1) is 27.7. The van der Waals surface area contributed by atoms with Gasteiger partial charge in [-0.3, -0.25) is 19.2 Å². The number of nitrogens with two attached hydrogens (primary N) is 1. The van der Waals surface area contributed by atoms with Gasteiger partial charge in [0.2, 0.25) is 17.6 Å². The maximum atomic E-state index is 14.4. The van der Waals surface area contributed by atoms with Crippen LogP contribution in [0.5, 0.6) is 0 Å². The number of para-hydroxylation sites is 2. The monoisotopic (exact) mass is 563 g/mol. The van der Waals surface area contributed by atoms with Crippen LogP contribution in [0, 0.1) is 29.1 Å². The maximum absolute atomic E-state index is 14.4. The Bertz CT molecular complexity index is 1310. The van der Waals surface area contributed by atoms with Crippen molar-refractivity contribution in [2.45, 2.75) is 89.8 Å². The molecule has 1 saturated heterocycles. The first-order valence-corrected chi connectivity index (χ1v) is 15.2. The van der Waals surface area contributed by atoms with Gasteiger partial charge in [-0.15, -0.1) is 0 Å². The number of piperidine rings is 1. The molecule has 5 atom stereocenters. The molecule has 2 aromatic rings. The number of ketones is 1. The zero-order valence-electron chi connectivity index (χ0n) is 23.9. The molecule has 10 nitrogen and oxygen atoms in total. The molecule has 3 unspecified atom stereocenters. The van der Waals surface area contributed by atoms with E-state index in [1.165, 1.54) is 0 Å². The number of amides is 3. The number of benzene rings is 1. The second-order valence-electron chi connectivity index (χ2n) is 13.2. The molecule has 4 N–H and O–H groups in total. The lowest BCUT2D eigenvalue weighted by Gasteiger charge is -2.37. The summed E-state index contributed by atoms with van der Waals surface area (Å²) < 4.78 is 5.94. The summed E-state index contributed by atoms with van der Waals surface area (Å²) in [4.78, 5) is 59.1. The summed E-state index contributed by atoms with van der Waals surface area (Å²) >= 11 is 0. The van der Waals surface area contributed by atoms with Gasteiger partial charge in [0.1, 0.15) is 17.6 Å². The molecule has 0 spiro atoms. The van der Waals surface area contributed by atoms with Crippen LogP contribution in [0.1, 0.15) is 71.6 Å². The molecule has 1 aromatic heterocycles. The van der Waals surface area contributed by atoms with E-state index in [4.69, 9.17) is 10.2 Å². The number of likely N-dealkylation sites (tertiary alicyclic amines) is 1. The van der Waals surface area contributed by atoms with Crippen LogP contribution in [-0.4, -0.2) is 58.1 Å². The number of hydrogen-bond acceptors (Lipinski definition) is 7. The molecule has 0 radical (unpaired) electrons. The number of carbonyl (C=O) groups excluding carboxylic acids is 4. The van der Waals surface area contributed by atoms with Gasteiger partial charge in [-0.05, 0) is 60.5 Å². The molecule has 4 aliphatic rings. The predicted octanol–water partition coefficient (Wildman–Crippen LogP) is 3.40. The standard InChI is InChI=1S/C31H41N5O5/c1-31(2)19-16-36(25(23(19)31)28(39)33-21(26(37)27(32)38)15-17-9-8-10-17)29(40)24(18-11-4-3-5-12-18)35-30-34-20-13-6-7-14-22(20)41-30/h6-7,13-14,17-19,21,23-25H,3-5,8-12,15-16H2,1-2H3,(H2,32,38)(H,33,39)(H,34,35)/t19-,21?,23?,24-,25?/m1/s1. The quantitative estimate of drug-likeness (QED) is 0.375. The summed E-state index contributed by atoms with van der Waals surface area (Å²) in [5.74, 6) is -1.79. The number of nitrogens with one attached hydrogen (secondary N) is 2. The average molecular weight is 564 g/mol. The van der Waals surface area contributed by atoms with E-state index in [2.05, 4.69) is 29.5 Å². The van der Waals surface area contributed by atoms with E-state index < -0.39 is 29.8 Å². The number of fused-ring (bicyclic) bond motifs is 2. The molecule has 3 aliphatic carbocycles. The Labute approximate surface area is 240 Å². The van der Waals surface area contributed by atoms with Crippen LogP contribution in [0.15, 0.2) is 28.7 Å². The van der Waals surface area contributed by atoms with E-state index in [1.807, 2.05) is 24.3 Å². The van der Waals surface area contributed by atoms with Gasteiger partial charge >= 0.3 is 0 Å². The molecule has 1 aliphatic heterocycles. The largest absolute Gasteiger partial charge is 0.424 e. The molecular weight excluding hydrogens is 522 g/mol. The fraction of sp³-hybridized carbons (Fsp3) is 0.645. The van der Waals surface area contributed by atoms with Crippen LogP contribution in [0.25, 0.3) is 11.1 Å². The van der Waals surface area contributed by atoms with E-state index in [9.17, 15) is 19.2 Å². The number of aromatic nitrogens is 1. The van der Waals surface area contributed by atoms with Crippen molar-refractivity contribution in [1.82, 2.24) is 15.2 Å². The summed E-state index contributed by atoms with van der Waals surface area (Å²) in [6, 6.07) is 5.51.